The van der Waals surface area contributed by atoms with Gasteiger partial charge in [0.05, 0.1) is 0 Å². The Morgan fingerprint density at radius 3 is 2.58 bits per heavy atom. The van der Waals surface area contributed by atoms with E-state index in [-0.39, 0.29) is 5.91 Å². The van der Waals surface area contributed by atoms with E-state index >= 15 is 0 Å². The van der Waals surface area contributed by atoms with Crippen LogP contribution in [-0.4, -0.2) is 12.5 Å². The van der Waals surface area contributed by atoms with Gasteiger partial charge in [-0.15, -0.1) is 0 Å². The van der Waals surface area contributed by atoms with Gasteiger partial charge in [0, 0.05) is 12.1 Å². The van der Waals surface area contributed by atoms with Crippen LogP contribution in [-0.2, 0) is 4.79 Å². The maximum atomic E-state index is 11.3. The standard InChI is InChI=1S/C10H15NO/c12-10-9-6-4-2-1-3-5-8(9)7-11-10/h1-7H2,(H,11,12). The van der Waals surface area contributed by atoms with Gasteiger partial charge < -0.3 is 5.32 Å². The Hall–Kier alpha value is -0.790. The van der Waals surface area contributed by atoms with Crippen molar-refractivity contribution in [1.29, 1.82) is 0 Å². The van der Waals surface area contributed by atoms with Gasteiger partial charge in [0.25, 0.3) is 0 Å². The van der Waals surface area contributed by atoms with Crippen LogP contribution < -0.4 is 5.32 Å². The Kier molecular flexibility index (Phi) is 2.15. The first-order valence-corrected chi connectivity index (χ1v) is 4.87. The largest absolute Gasteiger partial charge is 0.349 e. The molecular formula is C10H15NO. The van der Waals surface area contributed by atoms with Crippen LogP contribution in [0.1, 0.15) is 38.5 Å². The van der Waals surface area contributed by atoms with Crippen LogP contribution in [0, 0.1) is 0 Å². The lowest BCUT2D eigenvalue weighted by Gasteiger charge is -2.09. The van der Waals surface area contributed by atoms with E-state index in [1.165, 1.54) is 31.3 Å². The maximum Gasteiger partial charge on any atom is 0.247 e. The van der Waals surface area contributed by atoms with E-state index in [0.29, 0.717) is 0 Å². The second-order valence-electron chi connectivity index (χ2n) is 3.68. The highest BCUT2D eigenvalue weighted by Crippen LogP contribution is 2.25. The molecule has 0 radical (unpaired) electrons. The molecule has 0 atom stereocenters. The number of rotatable bonds is 0. The van der Waals surface area contributed by atoms with Gasteiger partial charge in [-0.2, -0.15) is 0 Å². The molecular weight excluding hydrogens is 150 g/mol. The van der Waals surface area contributed by atoms with Crippen molar-refractivity contribution < 1.29 is 4.79 Å². The quantitative estimate of drug-likeness (QED) is 0.582. The zero-order valence-electron chi connectivity index (χ0n) is 7.36. The summed E-state index contributed by atoms with van der Waals surface area (Å²) >= 11 is 0. The number of nitrogens with one attached hydrogen (secondary N) is 1. The van der Waals surface area contributed by atoms with Gasteiger partial charge in [0.15, 0.2) is 0 Å². The lowest BCUT2D eigenvalue weighted by Crippen LogP contribution is -2.17. The third-order valence-electron chi connectivity index (χ3n) is 2.82. The molecule has 2 rings (SSSR count). The molecule has 0 aromatic rings. The van der Waals surface area contributed by atoms with E-state index < -0.39 is 0 Å². The molecule has 66 valence electrons. The molecule has 1 amide bonds. The summed E-state index contributed by atoms with van der Waals surface area (Å²) in [6, 6.07) is 0. The SMILES string of the molecule is O=C1NCC2=C1CCCCCC2. The Balaban J connectivity index is 2.16. The molecule has 0 unspecified atom stereocenters. The molecule has 2 aliphatic rings. The Morgan fingerprint density at radius 2 is 1.75 bits per heavy atom. The van der Waals surface area contributed by atoms with E-state index in [4.69, 9.17) is 0 Å². The average Bonchev–Trinajstić information content (AvgIpc) is 2.31. The molecule has 1 aliphatic carbocycles. The number of carbonyl (C=O) groups is 1. The second-order valence-corrected chi connectivity index (χ2v) is 3.68. The van der Waals surface area contributed by atoms with Crippen LogP contribution in [0.2, 0.25) is 0 Å². The molecule has 0 aromatic carbocycles. The molecule has 0 aromatic heterocycles. The Bertz CT molecular complexity index is 230. The number of hydrogen-bond acceptors (Lipinski definition) is 1. The monoisotopic (exact) mass is 165 g/mol. The number of carbonyl (C=O) groups excluding carboxylic acids is 1. The van der Waals surface area contributed by atoms with Gasteiger partial charge in [-0.3, -0.25) is 4.79 Å². The summed E-state index contributed by atoms with van der Waals surface area (Å²) in [7, 11) is 0. The smallest absolute Gasteiger partial charge is 0.247 e. The van der Waals surface area contributed by atoms with Gasteiger partial charge in [-0.05, 0) is 31.3 Å². The van der Waals surface area contributed by atoms with Crippen LogP contribution in [0.25, 0.3) is 0 Å². The van der Waals surface area contributed by atoms with Crippen molar-refractivity contribution in [2.45, 2.75) is 38.5 Å². The zero-order chi connectivity index (χ0) is 8.39. The third-order valence-corrected chi connectivity index (χ3v) is 2.82. The molecule has 0 bridgehead atoms. The number of hydrogen-bond donors (Lipinski definition) is 1. The van der Waals surface area contributed by atoms with Gasteiger partial charge in [-0.1, -0.05) is 12.8 Å². The Morgan fingerprint density at radius 1 is 1.00 bits per heavy atom. The van der Waals surface area contributed by atoms with Crippen LogP contribution >= 0.6 is 0 Å². The lowest BCUT2D eigenvalue weighted by molar-refractivity contribution is -0.116. The first kappa shape index (κ1) is 7.84. The molecule has 0 fully saturated rings. The van der Waals surface area contributed by atoms with Gasteiger partial charge in [-0.25, -0.2) is 0 Å². The predicted molar refractivity (Wildman–Crippen MR) is 47.7 cm³/mol. The fourth-order valence-electron chi connectivity index (χ4n) is 2.08. The maximum absolute atomic E-state index is 11.3. The topological polar surface area (TPSA) is 29.1 Å². The van der Waals surface area contributed by atoms with Crippen LogP contribution in [0.5, 0.6) is 0 Å². The minimum Gasteiger partial charge on any atom is -0.349 e. The van der Waals surface area contributed by atoms with Crippen LogP contribution in [0.3, 0.4) is 0 Å². The number of amides is 1. The van der Waals surface area contributed by atoms with Crippen molar-refractivity contribution in [1.82, 2.24) is 5.32 Å². The predicted octanol–water partition coefficient (Wildman–Crippen LogP) is 1.77. The summed E-state index contributed by atoms with van der Waals surface area (Å²) in [4.78, 5) is 11.3. The van der Waals surface area contributed by atoms with Crippen molar-refractivity contribution in [3.8, 4) is 0 Å². The van der Waals surface area contributed by atoms with Crippen molar-refractivity contribution >= 4 is 5.91 Å². The lowest BCUT2D eigenvalue weighted by atomic mass is 9.95. The van der Waals surface area contributed by atoms with E-state index in [1.54, 1.807) is 0 Å². The summed E-state index contributed by atoms with van der Waals surface area (Å²) < 4.78 is 0. The van der Waals surface area contributed by atoms with Crippen LogP contribution in [0.4, 0.5) is 0 Å². The van der Waals surface area contributed by atoms with Crippen molar-refractivity contribution in [3.63, 3.8) is 0 Å². The van der Waals surface area contributed by atoms with Crippen LogP contribution in [0.15, 0.2) is 11.1 Å². The van der Waals surface area contributed by atoms with Gasteiger partial charge >= 0.3 is 0 Å². The van der Waals surface area contributed by atoms with E-state index in [9.17, 15) is 4.79 Å². The molecule has 2 nitrogen and oxygen atoms in total. The van der Waals surface area contributed by atoms with Crippen molar-refractivity contribution in [2.75, 3.05) is 6.54 Å². The second kappa shape index (κ2) is 3.30. The molecule has 1 N–H and O–H groups in total. The minimum atomic E-state index is 0.201. The highest BCUT2D eigenvalue weighted by atomic mass is 16.1. The Labute approximate surface area is 73.0 Å². The minimum absolute atomic E-state index is 0.201. The normalized spacial score (nSPS) is 24.5. The molecule has 12 heavy (non-hydrogen) atoms. The molecule has 0 spiro atoms. The van der Waals surface area contributed by atoms with Crippen molar-refractivity contribution in [2.24, 2.45) is 0 Å². The van der Waals surface area contributed by atoms with Crippen molar-refractivity contribution in [3.05, 3.63) is 11.1 Å². The molecule has 1 heterocycles. The summed E-state index contributed by atoms with van der Waals surface area (Å²) in [6.45, 7) is 0.828. The van der Waals surface area contributed by atoms with Gasteiger partial charge in [0.2, 0.25) is 5.91 Å². The highest BCUT2D eigenvalue weighted by Gasteiger charge is 2.22. The summed E-state index contributed by atoms with van der Waals surface area (Å²) in [5.41, 5.74) is 2.49. The fraction of sp³-hybridized carbons (Fsp3) is 0.700. The van der Waals surface area contributed by atoms with Gasteiger partial charge in [0.1, 0.15) is 0 Å². The van der Waals surface area contributed by atoms with E-state index in [2.05, 4.69) is 5.32 Å². The summed E-state index contributed by atoms with van der Waals surface area (Å²) in [5, 5.41) is 2.90. The molecule has 0 saturated heterocycles. The first-order chi connectivity index (χ1) is 5.88. The average molecular weight is 165 g/mol. The van der Waals surface area contributed by atoms with E-state index in [1.807, 2.05) is 0 Å². The highest BCUT2D eigenvalue weighted by molar-refractivity contribution is 5.96. The first-order valence-electron chi connectivity index (χ1n) is 4.87. The summed E-state index contributed by atoms with van der Waals surface area (Å²) in [5.74, 6) is 0.201. The molecule has 2 heteroatoms. The molecule has 1 aliphatic heterocycles. The van der Waals surface area contributed by atoms with E-state index in [0.717, 1.165) is 25.0 Å². The zero-order valence-corrected chi connectivity index (χ0v) is 7.36. The summed E-state index contributed by atoms with van der Waals surface area (Å²) in [6.07, 6.45) is 7.27. The fourth-order valence-corrected chi connectivity index (χ4v) is 2.08. The third kappa shape index (κ3) is 1.38. The molecule has 0 saturated carbocycles.